The van der Waals surface area contributed by atoms with Crippen LogP contribution in [0.1, 0.15) is 0 Å². The maximum atomic E-state index is 14.2. The molecule has 2 heterocycles. The van der Waals surface area contributed by atoms with E-state index in [-0.39, 0.29) is 16.2 Å². The second kappa shape index (κ2) is 5.78. The normalized spacial score (nSPS) is 11.4. The lowest BCUT2D eigenvalue weighted by Crippen LogP contribution is -2.30. The third kappa shape index (κ3) is 2.44. The molecule has 1 aromatic carbocycles. The molecule has 22 heavy (non-hydrogen) atoms. The Hall–Kier alpha value is -2.39. The molecule has 3 rings (SSSR count). The second-order valence-electron chi connectivity index (χ2n) is 4.58. The Morgan fingerprint density at radius 3 is 1.86 bits per heavy atom. The molecule has 0 atom stereocenters. The highest BCUT2D eigenvalue weighted by molar-refractivity contribution is 7.84. The third-order valence-electron chi connectivity index (χ3n) is 3.19. The fraction of sp³-hybridized carbons (Fsp3) is 0. The molecule has 0 saturated heterocycles. The monoisotopic (exact) mass is 316 g/mol. The van der Waals surface area contributed by atoms with Crippen molar-refractivity contribution >= 4 is 23.3 Å². The lowest BCUT2D eigenvalue weighted by molar-refractivity contribution is 0.579. The van der Waals surface area contributed by atoms with Gasteiger partial charge in [0.25, 0.3) is 0 Å². The summed E-state index contributed by atoms with van der Waals surface area (Å²) in [5.41, 5.74) is 0.415. The first-order valence-corrected chi connectivity index (χ1v) is 8.22. The van der Waals surface area contributed by atoms with E-state index >= 15 is 0 Å². The van der Waals surface area contributed by atoms with Crippen molar-refractivity contribution in [2.24, 2.45) is 0 Å². The van der Waals surface area contributed by atoms with Gasteiger partial charge in [-0.25, -0.2) is 8.78 Å². The van der Waals surface area contributed by atoms with Gasteiger partial charge in [0.05, 0.1) is 5.30 Å². The van der Waals surface area contributed by atoms with Crippen LogP contribution in [-0.4, -0.2) is 9.97 Å². The van der Waals surface area contributed by atoms with Gasteiger partial charge in [-0.2, -0.15) is 0 Å². The highest BCUT2D eigenvalue weighted by Crippen LogP contribution is 2.41. The molecule has 0 aliphatic rings. The van der Waals surface area contributed by atoms with Crippen molar-refractivity contribution in [2.75, 3.05) is 0 Å². The van der Waals surface area contributed by atoms with Gasteiger partial charge in [-0.05, 0) is 36.4 Å². The molecule has 0 N–H and O–H groups in total. The maximum Gasteiger partial charge on any atom is 0.208 e. The summed E-state index contributed by atoms with van der Waals surface area (Å²) in [6.45, 7) is 0. The molecule has 0 spiro atoms. The third-order valence-corrected chi connectivity index (χ3v) is 6.05. The van der Waals surface area contributed by atoms with E-state index in [1.54, 1.807) is 36.4 Å². The Labute approximate surface area is 126 Å². The molecule has 110 valence electrons. The summed E-state index contributed by atoms with van der Waals surface area (Å²) in [6, 6.07) is 12.8. The summed E-state index contributed by atoms with van der Waals surface area (Å²) in [4.78, 5) is 8.21. The smallest absolute Gasteiger partial charge is 0.208 e. The Morgan fingerprint density at radius 2 is 1.41 bits per heavy atom. The highest BCUT2D eigenvalue weighted by Gasteiger charge is 2.35. The number of hydrogen-bond acceptors (Lipinski definition) is 3. The van der Waals surface area contributed by atoms with Gasteiger partial charge in [0, 0.05) is 18.5 Å². The van der Waals surface area contributed by atoms with E-state index < -0.39 is 18.8 Å². The molecule has 0 aliphatic heterocycles. The van der Waals surface area contributed by atoms with E-state index in [4.69, 9.17) is 0 Å². The van der Waals surface area contributed by atoms with E-state index in [1.807, 2.05) is 0 Å². The summed E-state index contributed by atoms with van der Waals surface area (Å²) in [7, 11) is -3.60. The number of aromatic nitrogens is 2. The molecule has 3 aromatic rings. The maximum absolute atomic E-state index is 14.2. The average Bonchev–Trinajstić information content (AvgIpc) is 2.56. The van der Waals surface area contributed by atoms with Gasteiger partial charge in [-0.15, -0.1) is 0 Å². The fourth-order valence-electron chi connectivity index (χ4n) is 2.18. The summed E-state index contributed by atoms with van der Waals surface area (Å²) in [5.74, 6) is -1.60. The number of pyridine rings is 2. The Kier molecular flexibility index (Phi) is 3.82. The Bertz CT molecular complexity index is 798. The molecular weight excluding hydrogens is 305 g/mol. The number of rotatable bonds is 3. The first-order valence-electron chi connectivity index (χ1n) is 6.51. The molecule has 0 unspecified atom stereocenters. The van der Waals surface area contributed by atoms with Gasteiger partial charge >= 0.3 is 0 Å². The van der Waals surface area contributed by atoms with Crippen LogP contribution < -0.4 is 16.2 Å². The van der Waals surface area contributed by atoms with Crippen LogP contribution in [0, 0.1) is 11.6 Å². The quantitative estimate of drug-likeness (QED) is 0.697. The van der Waals surface area contributed by atoms with Gasteiger partial charge in [0.2, 0.25) is 7.14 Å². The van der Waals surface area contributed by atoms with E-state index in [0.717, 1.165) is 6.07 Å². The number of benzene rings is 1. The summed E-state index contributed by atoms with van der Waals surface area (Å²) in [6.07, 6.45) is 2.96. The highest BCUT2D eigenvalue weighted by atomic mass is 31.2. The van der Waals surface area contributed by atoms with Crippen molar-refractivity contribution in [3.63, 3.8) is 0 Å². The summed E-state index contributed by atoms with van der Waals surface area (Å²) >= 11 is 0. The molecule has 0 bridgehead atoms. The molecule has 0 fully saturated rings. The SMILES string of the molecule is O=P(c1ccccn1)(c1ccccn1)c1ccc(F)cc1F. The molecule has 0 amide bonds. The van der Waals surface area contributed by atoms with Gasteiger partial charge in [0.15, 0.2) is 0 Å². The first kappa shape index (κ1) is 14.5. The van der Waals surface area contributed by atoms with Crippen LogP contribution in [0.15, 0.2) is 67.0 Å². The molecule has 6 heteroatoms. The molecule has 0 saturated carbocycles. The van der Waals surface area contributed by atoms with Crippen LogP contribution in [0.25, 0.3) is 0 Å². The van der Waals surface area contributed by atoms with Crippen molar-refractivity contribution in [3.05, 3.63) is 78.6 Å². The lowest BCUT2D eigenvalue weighted by Gasteiger charge is -2.18. The minimum Gasteiger partial charge on any atom is -0.305 e. The predicted octanol–water partition coefficient (Wildman–Crippen LogP) is 2.39. The van der Waals surface area contributed by atoms with Crippen LogP contribution in [0.2, 0.25) is 0 Å². The lowest BCUT2D eigenvalue weighted by atomic mass is 10.3. The van der Waals surface area contributed by atoms with Crippen LogP contribution in [0.5, 0.6) is 0 Å². The molecule has 3 nitrogen and oxygen atoms in total. The minimum absolute atomic E-state index is 0.105. The van der Waals surface area contributed by atoms with Crippen molar-refractivity contribution < 1.29 is 13.3 Å². The number of halogens is 2. The minimum atomic E-state index is -3.60. The standard InChI is InChI=1S/C16H11F2N2OP/c17-12-7-8-14(13(18)11-12)22(21,15-5-1-3-9-19-15)16-6-2-4-10-20-16/h1-11H. The Balaban J connectivity index is 2.31. The zero-order valence-corrected chi connectivity index (χ0v) is 12.3. The molecule has 0 aliphatic carbocycles. The zero-order chi connectivity index (χ0) is 15.6. The molecule has 0 radical (unpaired) electrons. The van der Waals surface area contributed by atoms with Crippen molar-refractivity contribution in [1.29, 1.82) is 0 Å². The molecule has 2 aromatic heterocycles. The van der Waals surface area contributed by atoms with Crippen molar-refractivity contribution in [3.8, 4) is 0 Å². The average molecular weight is 316 g/mol. The van der Waals surface area contributed by atoms with Crippen LogP contribution in [-0.2, 0) is 4.57 Å². The van der Waals surface area contributed by atoms with Gasteiger partial charge < -0.3 is 4.57 Å². The molecular formula is C16H11F2N2OP. The number of nitrogens with zero attached hydrogens (tertiary/aromatic N) is 2. The zero-order valence-electron chi connectivity index (χ0n) is 11.4. The van der Waals surface area contributed by atoms with Crippen molar-refractivity contribution in [2.45, 2.75) is 0 Å². The van der Waals surface area contributed by atoms with Crippen LogP contribution >= 0.6 is 7.14 Å². The van der Waals surface area contributed by atoms with Crippen LogP contribution in [0.4, 0.5) is 8.78 Å². The summed E-state index contributed by atoms with van der Waals surface area (Å²) < 4.78 is 41.1. The van der Waals surface area contributed by atoms with E-state index in [9.17, 15) is 13.3 Å². The predicted molar refractivity (Wildman–Crippen MR) is 81.3 cm³/mol. The Morgan fingerprint density at radius 1 is 0.818 bits per heavy atom. The van der Waals surface area contributed by atoms with Gasteiger partial charge in [0.1, 0.15) is 22.5 Å². The van der Waals surface area contributed by atoms with Crippen LogP contribution in [0.3, 0.4) is 0 Å². The van der Waals surface area contributed by atoms with Crippen molar-refractivity contribution in [1.82, 2.24) is 9.97 Å². The van der Waals surface area contributed by atoms with E-state index in [2.05, 4.69) is 9.97 Å². The fourth-order valence-corrected chi connectivity index (χ4v) is 4.61. The topological polar surface area (TPSA) is 42.9 Å². The first-order chi connectivity index (χ1) is 10.6. The largest absolute Gasteiger partial charge is 0.305 e. The van der Waals surface area contributed by atoms with Gasteiger partial charge in [-0.1, -0.05) is 12.1 Å². The van der Waals surface area contributed by atoms with E-state index in [1.165, 1.54) is 18.5 Å². The number of hydrogen-bond donors (Lipinski definition) is 0. The summed E-state index contributed by atoms with van der Waals surface area (Å²) in [5, 5.41) is -0.105. The second-order valence-corrected chi connectivity index (χ2v) is 7.20. The van der Waals surface area contributed by atoms with E-state index in [0.29, 0.717) is 6.07 Å². The van der Waals surface area contributed by atoms with Gasteiger partial charge in [-0.3, -0.25) is 9.97 Å².